The number of urea groups is 1. The molecule has 3 heterocycles. The Morgan fingerprint density at radius 3 is 2.60 bits per heavy atom. The smallest absolute Gasteiger partial charge is 0.318 e. The van der Waals surface area contributed by atoms with Crippen molar-refractivity contribution in [2.75, 3.05) is 25.4 Å². The Hall–Kier alpha value is -4.71. The van der Waals surface area contributed by atoms with Gasteiger partial charge in [0, 0.05) is 38.4 Å². The molecule has 264 valence electrons. The van der Waals surface area contributed by atoms with Crippen LogP contribution in [0.1, 0.15) is 53.5 Å². The maximum Gasteiger partial charge on any atom is 0.318 e. The fourth-order valence-electron chi connectivity index (χ4n) is 6.96. The molecule has 11 nitrogen and oxygen atoms in total. The van der Waals surface area contributed by atoms with Crippen molar-refractivity contribution in [3.63, 3.8) is 0 Å². The van der Waals surface area contributed by atoms with Crippen LogP contribution >= 0.6 is 12.6 Å². The number of nitrogens with two attached hydrogens (primary N) is 1. The normalized spacial score (nSPS) is 23.1. The number of benzene rings is 3. The monoisotopic (exact) mass is 698 g/mol. The van der Waals surface area contributed by atoms with Gasteiger partial charge in [-0.25, -0.2) is 4.79 Å². The lowest BCUT2D eigenvalue weighted by atomic mass is 9.94. The van der Waals surface area contributed by atoms with Crippen LogP contribution < -0.4 is 26.4 Å². The molecular weight excluding hydrogens is 653 g/mol. The molecule has 3 aromatic carbocycles. The Balaban J connectivity index is 1.28. The van der Waals surface area contributed by atoms with E-state index >= 15 is 0 Å². The van der Waals surface area contributed by atoms with Gasteiger partial charge >= 0.3 is 6.03 Å². The molecule has 0 aliphatic carbocycles. The topological polar surface area (TPSA) is 146 Å². The summed E-state index contributed by atoms with van der Waals surface area (Å²) in [6.07, 6.45) is 3.34. The maximum atomic E-state index is 14.2. The zero-order chi connectivity index (χ0) is 35.2. The number of fused-ring (bicyclic) bond motifs is 5. The highest BCUT2D eigenvalue weighted by molar-refractivity contribution is 7.82. The first-order valence-electron chi connectivity index (χ1n) is 17.4. The van der Waals surface area contributed by atoms with Gasteiger partial charge in [0.1, 0.15) is 23.1 Å². The molecule has 4 bridgehead atoms. The van der Waals surface area contributed by atoms with Crippen LogP contribution in [0, 0.1) is 12.8 Å². The molecule has 4 atom stereocenters. The van der Waals surface area contributed by atoms with Gasteiger partial charge < -0.3 is 36.2 Å². The molecule has 12 heteroatoms. The molecule has 5 N–H and O–H groups in total. The number of amides is 5. The van der Waals surface area contributed by atoms with Gasteiger partial charge in [0.25, 0.3) is 0 Å². The minimum Gasteiger partial charge on any atom is -0.494 e. The SMILES string of the molecule is Cc1ccc2cc1CNC(=O)[C@H](CCc1ccccc1)NC(=O)[C@@H](NC(=O)N1Cc3ccc(N)cc3C1)C(S)C(=O)N1CCCC(CCO2)C1. The third kappa shape index (κ3) is 8.53. The molecule has 5 amide bonds. The van der Waals surface area contributed by atoms with Crippen LogP contribution in [0.2, 0.25) is 0 Å². The van der Waals surface area contributed by atoms with Gasteiger partial charge in [-0.05, 0) is 97.0 Å². The molecule has 0 spiro atoms. The summed E-state index contributed by atoms with van der Waals surface area (Å²) in [6, 6.07) is 18.2. The zero-order valence-corrected chi connectivity index (χ0v) is 29.3. The second-order valence-corrected chi connectivity index (χ2v) is 14.1. The van der Waals surface area contributed by atoms with Crippen molar-refractivity contribution in [1.82, 2.24) is 25.8 Å². The summed E-state index contributed by atoms with van der Waals surface area (Å²) < 4.78 is 6.13. The van der Waals surface area contributed by atoms with Crippen molar-refractivity contribution < 1.29 is 23.9 Å². The molecule has 1 fully saturated rings. The molecule has 3 aromatic rings. The van der Waals surface area contributed by atoms with E-state index in [1.54, 1.807) is 15.9 Å². The lowest BCUT2D eigenvalue weighted by Gasteiger charge is -2.36. The quantitative estimate of drug-likeness (QED) is 0.208. The Morgan fingerprint density at radius 2 is 1.78 bits per heavy atom. The van der Waals surface area contributed by atoms with E-state index < -0.39 is 29.3 Å². The second-order valence-electron chi connectivity index (χ2n) is 13.6. The van der Waals surface area contributed by atoms with E-state index in [1.165, 1.54) is 0 Å². The standard InChI is InChI=1S/C38H46N6O5S/c1-24-9-13-31-19-28(24)20-40-35(45)32(14-10-25-6-3-2-4-7-25)41-36(46)33(34(50)37(47)43-16-5-8-26(21-43)15-17-49-31)42-38(48)44-22-27-11-12-30(39)18-29(27)23-44/h2-4,6-7,9,11-13,18-19,26,32-34,50H,5,8,10,14-17,20-23,39H2,1H3,(H,40,45)(H,41,46)(H,42,48)/t26?,32-,33-,34?/m0/s1. The number of nitrogens with zero attached hydrogens (tertiary/aromatic N) is 2. The summed E-state index contributed by atoms with van der Waals surface area (Å²) in [5, 5.41) is 7.53. The van der Waals surface area contributed by atoms with E-state index in [-0.39, 0.29) is 24.3 Å². The number of anilines is 1. The lowest BCUT2D eigenvalue weighted by Crippen LogP contribution is -2.61. The van der Waals surface area contributed by atoms with Crippen LogP contribution in [-0.2, 0) is 40.4 Å². The van der Waals surface area contributed by atoms with Crippen LogP contribution in [0.5, 0.6) is 5.75 Å². The van der Waals surface area contributed by atoms with Crippen molar-refractivity contribution >= 4 is 42.1 Å². The molecule has 3 aliphatic rings. The maximum absolute atomic E-state index is 14.2. The Bertz CT molecular complexity index is 1720. The second kappa shape index (κ2) is 15.9. The summed E-state index contributed by atoms with van der Waals surface area (Å²) in [5.41, 5.74) is 11.4. The summed E-state index contributed by atoms with van der Waals surface area (Å²) in [5.74, 6) is -0.429. The van der Waals surface area contributed by atoms with E-state index in [1.807, 2.05) is 67.6 Å². The first-order valence-corrected chi connectivity index (χ1v) is 17.9. The molecule has 0 radical (unpaired) electrons. The summed E-state index contributed by atoms with van der Waals surface area (Å²) in [4.78, 5) is 59.1. The predicted molar refractivity (Wildman–Crippen MR) is 194 cm³/mol. The number of nitrogens with one attached hydrogen (secondary N) is 3. The van der Waals surface area contributed by atoms with Crippen molar-refractivity contribution in [3.8, 4) is 5.75 Å². The molecule has 1 saturated heterocycles. The minimum atomic E-state index is -1.35. The number of ether oxygens (including phenoxy) is 1. The molecule has 3 aliphatic heterocycles. The summed E-state index contributed by atoms with van der Waals surface area (Å²) in [7, 11) is 0. The number of thiol groups is 1. The van der Waals surface area contributed by atoms with Crippen LogP contribution in [0.4, 0.5) is 10.5 Å². The number of hydrogen-bond acceptors (Lipinski definition) is 7. The van der Waals surface area contributed by atoms with Crippen molar-refractivity contribution in [2.45, 2.75) is 76.0 Å². The largest absolute Gasteiger partial charge is 0.494 e. The molecular formula is C38H46N6O5S. The molecule has 6 rings (SSSR count). The van der Waals surface area contributed by atoms with E-state index in [0.29, 0.717) is 51.3 Å². The molecule has 0 aromatic heterocycles. The number of piperidine rings is 1. The van der Waals surface area contributed by atoms with Gasteiger partial charge in [0.05, 0.1) is 6.61 Å². The number of carbonyl (C=O) groups is 4. The van der Waals surface area contributed by atoms with Crippen LogP contribution in [0.3, 0.4) is 0 Å². The highest BCUT2D eigenvalue weighted by atomic mass is 32.1. The Kier molecular flexibility index (Phi) is 11.2. The molecule has 50 heavy (non-hydrogen) atoms. The molecule has 2 unspecified atom stereocenters. The van der Waals surface area contributed by atoms with Crippen molar-refractivity contribution in [1.29, 1.82) is 0 Å². The highest BCUT2D eigenvalue weighted by Gasteiger charge is 2.39. The van der Waals surface area contributed by atoms with Crippen molar-refractivity contribution in [2.24, 2.45) is 5.92 Å². The average molecular weight is 699 g/mol. The van der Waals surface area contributed by atoms with Gasteiger partial charge in [-0.3, -0.25) is 14.4 Å². The third-order valence-corrected chi connectivity index (χ3v) is 10.5. The van der Waals surface area contributed by atoms with Gasteiger partial charge in [0.2, 0.25) is 17.7 Å². The fraction of sp³-hybridized carbons (Fsp3) is 0.421. The van der Waals surface area contributed by atoms with Crippen LogP contribution in [0.25, 0.3) is 0 Å². The van der Waals surface area contributed by atoms with Gasteiger partial charge in [-0.1, -0.05) is 42.5 Å². The first-order chi connectivity index (χ1) is 24.1. The minimum absolute atomic E-state index is 0.219. The lowest BCUT2D eigenvalue weighted by molar-refractivity contribution is -0.136. The Morgan fingerprint density at radius 1 is 0.980 bits per heavy atom. The number of aryl methyl sites for hydroxylation is 2. The van der Waals surface area contributed by atoms with Gasteiger partial charge in [-0.15, -0.1) is 0 Å². The number of hydrogen-bond donors (Lipinski definition) is 5. The number of carbonyl (C=O) groups excluding carboxylic acids is 4. The van der Waals surface area contributed by atoms with Gasteiger partial charge in [-0.2, -0.15) is 12.6 Å². The van der Waals surface area contributed by atoms with Crippen molar-refractivity contribution in [3.05, 3.63) is 94.5 Å². The fourth-order valence-corrected chi connectivity index (χ4v) is 7.34. The van der Waals surface area contributed by atoms with Gasteiger partial charge in [0.15, 0.2) is 0 Å². The third-order valence-electron chi connectivity index (χ3n) is 9.97. The highest BCUT2D eigenvalue weighted by Crippen LogP contribution is 2.26. The van der Waals surface area contributed by atoms with E-state index in [0.717, 1.165) is 52.8 Å². The number of rotatable bonds is 4. The summed E-state index contributed by atoms with van der Waals surface area (Å²) >= 11 is 4.70. The van der Waals surface area contributed by atoms with E-state index in [4.69, 9.17) is 23.1 Å². The van der Waals surface area contributed by atoms with Crippen LogP contribution in [0.15, 0.2) is 66.7 Å². The number of nitrogen functional groups attached to an aromatic ring is 1. The first kappa shape index (κ1) is 35.1. The average Bonchev–Trinajstić information content (AvgIpc) is 3.55. The van der Waals surface area contributed by atoms with E-state index in [9.17, 15) is 19.2 Å². The van der Waals surface area contributed by atoms with Crippen LogP contribution in [-0.4, -0.2) is 70.6 Å². The zero-order valence-electron chi connectivity index (χ0n) is 28.4. The Labute approximate surface area is 298 Å². The van der Waals surface area contributed by atoms with E-state index in [2.05, 4.69) is 16.0 Å². The summed E-state index contributed by atoms with van der Waals surface area (Å²) in [6.45, 7) is 4.38. The predicted octanol–water partition coefficient (Wildman–Crippen LogP) is 3.72. The molecule has 0 saturated carbocycles.